The summed E-state index contributed by atoms with van der Waals surface area (Å²) in [6, 6.07) is -0.0388. The van der Waals surface area contributed by atoms with Gasteiger partial charge < -0.3 is 16.4 Å². The van der Waals surface area contributed by atoms with Gasteiger partial charge in [-0.3, -0.25) is 9.59 Å². The number of carbonyl (C=O) groups excluding carboxylic acids is 2. The van der Waals surface area contributed by atoms with Gasteiger partial charge in [-0.15, -0.1) is 0 Å². The molecular weight excluding hydrogens is 234 g/mol. The van der Waals surface area contributed by atoms with Gasteiger partial charge in [0.05, 0.1) is 11.5 Å². The Morgan fingerprint density at radius 2 is 2.07 bits per heavy atom. The normalized spacial score (nSPS) is 11.6. The zero-order chi connectivity index (χ0) is 11.8. The van der Waals surface area contributed by atoms with Crippen LogP contribution in [0, 0.1) is 0 Å². The molecule has 86 valence electrons. The van der Waals surface area contributed by atoms with Gasteiger partial charge in [0.25, 0.3) is 0 Å². The van der Waals surface area contributed by atoms with Crippen molar-refractivity contribution in [2.24, 2.45) is 5.73 Å². The largest absolute Gasteiger partial charge is 0.392 e. The molecule has 0 fully saturated rings. The molecule has 5 nitrogen and oxygen atoms in total. The maximum atomic E-state index is 11.2. The van der Waals surface area contributed by atoms with Crippen LogP contribution in [0.4, 0.5) is 0 Å². The van der Waals surface area contributed by atoms with Crippen molar-refractivity contribution in [1.29, 1.82) is 0 Å². The average molecular weight is 249 g/mol. The molecule has 0 aliphatic rings. The maximum Gasteiger partial charge on any atom is 0.309 e. The summed E-state index contributed by atoms with van der Waals surface area (Å²) >= 11 is 6.15. The van der Waals surface area contributed by atoms with Gasteiger partial charge in [-0.05, 0) is 13.2 Å². The van der Waals surface area contributed by atoms with Crippen molar-refractivity contribution in [2.75, 3.05) is 18.6 Å². The lowest BCUT2D eigenvalue weighted by Gasteiger charge is -2.11. The number of hydrogen-bond acceptors (Lipinski definition) is 4. The zero-order valence-corrected chi connectivity index (χ0v) is 10.3. The number of thiocarbonyl (C=S) groups is 1. The van der Waals surface area contributed by atoms with Gasteiger partial charge >= 0.3 is 11.8 Å². The second-order valence-corrected chi connectivity index (χ2v) is 4.41. The van der Waals surface area contributed by atoms with Crippen molar-refractivity contribution in [3.8, 4) is 0 Å². The summed E-state index contributed by atoms with van der Waals surface area (Å²) in [6.07, 6.45) is 1.93. The van der Waals surface area contributed by atoms with Crippen LogP contribution in [0.1, 0.15) is 6.92 Å². The average Bonchev–Trinajstić information content (AvgIpc) is 2.14. The molecule has 0 saturated carbocycles. The molecule has 0 aromatic carbocycles. The van der Waals surface area contributed by atoms with Crippen LogP contribution in [0.15, 0.2) is 0 Å². The summed E-state index contributed by atoms with van der Waals surface area (Å²) in [5.74, 6) is -0.613. The lowest BCUT2D eigenvalue weighted by atomic mass is 10.4. The van der Waals surface area contributed by atoms with Crippen LogP contribution >= 0.6 is 24.0 Å². The van der Waals surface area contributed by atoms with E-state index in [4.69, 9.17) is 5.73 Å². The van der Waals surface area contributed by atoms with E-state index < -0.39 is 11.8 Å². The Balaban J connectivity index is 3.88. The monoisotopic (exact) mass is 249 g/mol. The predicted molar refractivity (Wildman–Crippen MR) is 65.8 cm³/mol. The molecule has 1 unspecified atom stereocenters. The van der Waals surface area contributed by atoms with E-state index in [0.717, 1.165) is 5.75 Å². The Kier molecular flexibility index (Phi) is 7.06. The minimum atomic E-state index is -0.712. The number of amides is 2. The summed E-state index contributed by atoms with van der Waals surface area (Å²) in [5, 5.41) is 4.85. The third-order valence-corrected chi connectivity index (χ3v) is 2.40. The van der Waals surface area contributed by atoms with E-state index in [0.29, 0.717) is 0 Å². The molecule has 0 radical (unpaired) electrons. The minimum absolute atomic E-state index is 0.0388. The van der Waals surface area contributed by atoms with Crippen molar-refractivity contribution in [2.45, 2.75) is 13.0 Å². The predicted octanol–water partition coefficient (Wildman–Crippen LogP) is -0.744. The molecule has 0 spiro atoms. The molecule has 0 aromatic rings. The van der Waals surface area contributed by atoms with E-state index in [1.807, 2.05) is 13.2 Å². The van der Waals surface area contributed by atoms with Crippen molar-refractivity contribution in [1.82, 2.24) is 10.6 Å². The highest BCUT2D eigenvalue weighted by atomic mass is 32.2. The number of nitrogens with two attached hydrogens (primary N) is 1. The summed E-state index contributed by atoms with van der Waals surface area (Å²) in [6.45, 7) is 1.87. The lowest BCUT2D eigenvalue weighted by molar-refractivity contribution is -0.139. The van der Waals surface area contributed by atoms with Crippen LogP contribution < -0.4 is 16.4 Å². The third-order valence-electron chi connectivity index (χ3n) is 1.42. The third kappa shape index (κ3) is 7.15. The molecule has 1 atom stereocenters. The van der Waals surface area contributed by atoms with Crippen LogP contribution in [0.2, 0.25) is 0 Å². The Labute approximate surface area is 98.5 Å². The first-order chi connectivity index (χ1) is 6.97. The topological polar surface area (TPSA) is 84.2 Å². The Morgan fingerprint density at radius 1 is 1.47 bits per heavy atom. The second kappa shape index (κ2) is 7.47. The van der Waals surface area contributed by atoms with Crippen molar-refractivity contribution in [3.05, 3.63) is 0 Å². The first-order valence-corrected chi connectivity index (χ1v) is 6.13. The van der Waals surface area contributed by atoms with Gasteiger partial charge in [-0.1, -0.05) is 12.2 Å². The fraction of sp³-hybridized carbons (Fsp3) is 0.625. The van der Waals surface area contributed by atoms with E-state index in [1.165, 1.54) is 0 Å². The summed E-state index contributed by atoms with van der Waals surface area (Å²) in [5.41, 5.74) is 5.17. The molecule has 2 amide bonds. The summed E-state index contributed by atoms with van der Waals surface area (Å²) in [4.78, 5) is 22.5. The van der Waals surface area contributed by atoms with Crippen molar-refractivity contribution >= 4 is 40.8 Å². The Hall–Kier alpha value is -0.820. The van der Waals surface area contributed by atoms with Gasteiger partial charge in [0.1, 0.15) is 0 Å². The van der Waals surface area contributed by atoms with E-state index in [9.17, 15) is 9.59 Å². The van der Waals surface area contributed by atoms with Gasteiger partial charge in [-0.2, -0.15) is 11.8 Å². The second-order valence-electron chi connectivity index (χ2n) is 2.98. The van der Waals surface area contributed by atoms with E-state index in [-0.39, 0.29) is 17.6 Å². The maximum absolute atomic E-state index is 11.2. The van der Waals surface area contributed by atoms with Gasteiger partial charge in [0, 0.05) is 11.8 Å². The summed E-state index contributed by atoms with van der Waals surface area (Å²) in [7, 11) is 0. The molecule has 0 saturated heterocycles. The minimum Gasteiger partial charge on any atom is -0.392 e. The first-order valence-electron chi connectivity index (χ1n) is 4.33. The smallest absolute Gasteiger partial charge is 0.309 e. The molecule has 4 N–H and O–H groups in total. The molecule has 0 heterocycles. The van der Waals surface area contributed by atoms with E-state index in [2.05, 4.69) is 22.9 Å². The zero-order valence-electron chi connectivity index (χ0n) is 8.70. The van der Waals surface area contributed by atoms with Gasteiger partial charge in [0.15, 0.2) is 0 Å². The van der Waals surface area contributed by atoms with E-state index >= 15 is 0 Å². The highest BCUT2D eigenvalue weighted by molar-refractivity contribution is 7.98. The quantitative estimate of drug-likeness (QED) is 0.441. The number of nitrogens with one attached hydrogen (secondary N) is 2. The highest BCUT2D eigenvalue weighted by Gasteiger charge is 2.15. The van der Waals surface area contributed by atoms with Crippen molar-refractivity contribution < 1.29 is 9.59 Å². The van der Waals surface area contributed by atoms with E-state index in [1.54, 1.807) is 11.8 Å². The number of carbonyl (C=O) groups is 2. The molecular formula is C8H15N3O2S2. The van der Waals surface area contributed by atoms with Gasteiger partial charge in [0.2, 0.25) is 0 Å². The first kappa shape index (κ1) is 14.2. The lowest BCUT2D eigenvalue weighted by Crippen LogP contribution is -2.46. The number of hydrogen-bond donors (Lipinski definition) is 3. The van der Waals surface area contributed by atoms with Crippen LogP contribution in [0.3, 0.4) is 0 Å². The highest BCUT2D eigenvalue weighted by Crippen LogP contribution is 1.95. The Morgan fingerprint density at radius 3 is 2.53 bits per heavy atom. The SMILES string of the molecule is CSCC(C)NC(=O)C(=O)NCC(N)=S. The van der Waals surface area contributed by atoms with Gasteiger partial charge in [-0.25, -0.2) is 0 Å². The molecule has 0 bridgehead atoms. The molecule has 0 aliphatic carbocycles. The Bertz CT molecular complexity index is 258. The number of thioether (sulfide) groups is 1. The molecule has 0 rings (SSSR count). The number of rotatable bonds is 5. The molecule has 7 heteroatoms. The van der Waals surface area contributed by atoms with Crippen LogP contribution in [-0.2, 0) is 9.59 Å². The molecule has 15 heavy (non-hydrogen) atoms. The van der Waals surface area contributed by atoms with Crippen LogP contribution in [0.25, 0.3) is 0 Å². The van der Waals surface area contributed by atoms with Crippen molar-refractivity contribution in [3.63, 3.8) is 0 Å². The summed E-state index contributed by atoms with van der Waals surface area (Å²) < 4.78 is 0. The standard InChI is InChI=1S/C8H15N3O2S2/c1-5(4-15-2)11-8(13)7(12)10-3-6(9)14/h5H,3-4H2,1-2H3,(H2,9,14)(H,10,12)(H,11,13). The fourth-order valence-electron chi connectivity index (χ4n) is 0.829. The fourth-order valence-corrected chi connectivity index (χ4v) is 1.48. The van der Waals surface area contributed by atoms with Crippen LogP contribution in [-0.4, -0.2) is 41.4 Å². The van der Waals surface area contributed by atoms with Crippen LogP contribution in [0.5, 0.6) is 0 Å². The molecule has 0 aliphatic heterocycles. The molecule has 0 aromatic heterocycles.